The van der Waals surface area contributed by atoms with Gasteiger partial charge in [0.1, 0.15) is 18.5 Å². The molecule has 0 amide bonds. The van der Waals surface area contributed by atoms with Crippen LogP contribution in [0, 0.1) is 11.3 Å². The van der Waals surface area contributed by atoms with E-state index in [0.29, 0.717) is 11.3 Å². The van der Waals surface area contributed by atoms with E-state index in [4.69, 9.17) is 10.00 Å². The van der Waals surface area contributed by atoms with Gasteiger partial charge in [0.2, 0.25) is 0 Å². The lowest BCUT2D eigenvalue weighted by atomic mass is 10.1. The summed E-state index contributed by atoms with van der Waals surface area (Å²) in [4.78, 5) is 0. The fourth-order valence-corrected chi connectivity index (χ4v) is 1.57. The zero-order valence-electron chi connectivity index (χ0n) is 9.78. The monoisotopic (exact) mass is 239 g/mol. The molecule has 0 aliphatic heterocycles. The maximum Gasteiger partial charge on any atom is 0.119 e. The second-order valence-electron chi connectivity index (χ2n) is 3.87. The highest BCUT2D eigenvalue weighted by Gasteiger charge is 2.07. The van der Waals surface area contributed by atoms with Crippen molar-refractivity contribution in [3.8, 4) is 11.8 Å². The van der Waals surface area contributed by atoms with Crippen LogP contribution in [0.5, 0.6) is 5.75 Å². The van der Waals surface area contributed by atoms with Gasteiger partial charge in [-0.15, -0.1) is 0 Å². The van der Waals surface area contributed by atoms with E-state index in [-0.39, 0.29) is 6.61 Å². The minimum atomic E-state index is -0.651. The Labute approximate surface area is 106 Å². The molecular weight excluding hydrogens is 226 g/mol. The molecule has 18 heavy (non-hydrogen) atoms. The predicted molar refractivity (Wildman–Crippen MR) is 68.1 cm³/mol. The van der Waals surface area contributed by atoms with Gasteiger partial charge in [0, 0.05) is 0 Å². The Kier molecular flexibility index (Phi) is 3.95. The molecule has 0 heterocycles. The van der Waals surface area contributed by atoms with Crippen molar-refractivity contribution in [1.29, 1.82) is 5.26 Å². The van der Waals surface area contributed by atoms with Gasteiger partial charge >= 0.3 is 0 Å². The van der Waals surface area contributed by atoms with Crippen molar-refractivity contribution >= 4 is 0 Å². The molecule has 1 atom stereocenters. The Hall–Kier alpha value is -2.31. The lowest BCUT2D eigenvalue weighted by molar-refractivity contribution is 0.108. The predicted octanol–water partition coefficient (Wildman–Crippen LogP) is 2.67. The maximum atomic E-state index is 9.91. The van der Waals surface area contributed by atoms with Crippen molar-refractivity contribution in [2.45, 2.75) is 6.10 Å². The standard InChI is InChI=1S/C15H13NO2/c16-10-12-6-8-14(9-7-12)18-11-15(17)13-4-2-1-3-5-13/h1-9,15,17H,11H2. The number of hydrogen-bond donors (Lipinski definition) is 1. The molecule has 0 spiro atoms. The largest absolute Gasteiger partial charge is 0.491 e. The van der Waals surface area contributed by atoms with Crippen molar-refractivity contribution in [2.75, 3.05) is 6.61 Å². The molecule has 1 N–H and O–H groups in total. The lowest BCUT2D eigenvalue weighted by Crippen LogP contribution is -2.09. The summed E-state index contributed by atoms with van der Waals surface area (Å²) in [5.74, 6) is 0.643. The van der Waals surface area contributed by atoms with Gasteiger partial charge in [0.05, 0.1) is 11.6 Å². The fourth-order valence-electron chi connectivity index (χ4n) is 1.57. The summed E-state index contributed by atoms with van der Waals surface area (Å²) < 4.78 is 5.46. The Morgan fingerprint density at radius 2 is 1.72 bits per heavy atom. The molecular formula is C15H13NO2. The molecule has 0 saturated heterocycles. The van der Waals surface area contributed by atoms with Crippen LogP contribution in [0.25, 0.3) is 0 Å². The normalized spacial score (nSPS) is 11.6. The van der Waals surface area contributed by atoms with Crippen LogP contribution in [-0.4, -0.2) is 11.7 Å². The highest BCUT2D eigenvalue weighted by atomic mass is 16.5. The summed E-state index contributed by atoms with van der Waals surface area (Å²) in [6.07, 6.45) is -0.651. The first kappa shape index (κ1) is 12.2. The van der Waals surface area contributed by atoms with E-state index in [1.165, 1.54) is 0 Å². The van der Waals surface area contributed by atoms with Crippen LogP contribution in [0.15, 0.2) is 54.6 Å². The van der Waals surface area contributed by atoms with Crippen LogP contribution in [0.4, 0.5) is 0 Å². The molecule has 0 bridgehead atoms. The maximum absolute atomic E-state index is 9.91. The fraction of sp³-hybridized carbons (Fsp3) is 0.133. The summed E-state index contributed by atoms with van der Waals surface area (Å²) in [6.45, 7) is 0.190. The van der Waals surface area contributed by atoms with Crippen molar-refractivity contribution in [3.63, 3.8) is 0 Å². The SMILES string of the molecule is N#Cc1ccc(OCC(O)c2ccccc2)cc1. The second-order valence-corrected chi connectivity index (χ2v) is 3.87. The van der Waals surface area contributed by atoms with Gasteiger partial charge in [-0.3, -0.25) is 0 Å². The lowest BCUT2D eigenvalue weighted by Gasteiger charge is -2.12. The quantitative estimate of drug-likeness (QED) is 0.892. The van der Waals surface area contributed by atoms with E-state index in [1.54, 1.807) is 24.3 Å². The van der Waals surface area contributed by atoms with E-state index in [9.17, 15) is 5.11 Å². The number of aliphatic hydroxyl groups is 1. The van der Waals surface area contributed by atoms with E-state index >= 15 is 0 Å². The van der Waals surface area contributed by atoms with E-state index in [0.717, 1.165) is 5.56 Å². The zero-order valence-corrected chi connectivity index (χ0v) is 9.78. The Balaban J connectivity index is 1.93. The third-order valence-electron chi connectivity index (χ3n) is 2.58. The molecule has 0 fully saturated rings. The molecule has 1 unspecified atom stereocenters. The van der Waals surface area contributed by atoms with Crippen LogP contribution < -0.4 is 4.74 Å². The summed E-state index contributed by atoms with van der Waals surface area (Å²) >= 11 is 0. The van der Waals surface area contributed by atoms with E-state index in [1.807, 2.05) is 36.4 Å². The van der Waals surface area contributed by atoms with Crippen LogP contribution in [0.2, 0.25) is 0 Å². The number of nitrogens with zero attached hydrogens (tertiary/aromatic N) is 1. The number of hydrogen-bond acceptors (Lipinski definition) is 3. The molecule has 2 rings (SSSR count). The summed E-state index contributed by atoms with van der Waals surface area (Å²) in [5.41, 5.74) is 1.41. The Morgan fingerprint density at radius 1 is 1.06 bits per heavy atom. The first-order valence-electron chi connectivity index (χ1n) is 5.65. The average Bonchev–Trinajstić information content (AvgIpc) is 2.46. The second kappa shape index (κ2) is 5.85. The van der Waals surface area contributed by atoms with Crippen LogP contribution in [-0.2, 0) is 0 Å². The van der Waals surface area contributed by atoms with E-state index < -0.39 is 6.10 Å². The number of benzene rings is 2. The van der Waals surface area contributed by atoms with Crippen LogP contribution >= 0.6 is 0 Å². The molecule has 90 valence electrons. The summed E-state index contributed by atoms with van der Waals surface area (Å²) in [6, 6.07) is 18.2. The number of ether oxygens (including phenoxy) is 1. The minimum Gasteiger partial charge on any atom is -0.491 e. The molecule has 0 saturated carbocycles. The van der Waals surface area contributed by atoms with Gasteiger partial charge in [0.25, 0.3) is 0 Å². The van der Waals surface area contributed by atoms with Crippen molar-refractivity contribution in [3.05, 3.63) is 65.7 Å². The molecule has 0 aliphatic carbocycles. The highest BCUT2D eigenvalue weighted by Crippen LogP contribution is 2.16. The van der Waals surface area contributed by atoms with E-state index in [2.05, 4.69) is 0 Å². The Morgan fingerprint density at radius 3 is 2.33 bits per heavy atom. The number of aliphatic hydroxyl groups excluding tert-OH is 1. The van der Waals surface area contributed by atoms with Gasteiger partial charge in [-0.05, 0) is 29.8 Å². The van der Waals surface area contributed by atoms with Crippen molar-refractivity contribution < 1.29 is 9.84 Å². The molecule has 3 nitrogen and oxygen atoms in total. The van der Waals surface area contributed by atoms with Gasteiger partial charge in [-0.2, -0.15) is 5.26 Å². The molecule has 0 radical (unpaired) electrons. The Bertz CT molecular complexity index is 529. The van der Waals surface area contributed by atoms with Crippen molar-refractivity contribution in [2.24, 2.45) is 0 Å². The van der Waals surface area contributed by atoms with Gasteiger partial charge in [0.15, 0.2) is 0 Å². The van der Waals surface area contributed by atoms with Gasteiger partial charge in [-0.1, -0.05) is 30.3 Å². The number of rotatable bonds is 4. The number of nitriles is 1. The van der Waals surface area contributed by atoms with Gasteiger partial charge < -0.3 is 9.84 Å². The molecule has 2 aromatic rings. The van der Waals surface area contributed by atoms with Gasteiger partial charge in [-0.25, -0.2) is 0 Å². The average molecular weight is 239 g/mol. The van der Waals surface area contributed by atoms with Crippen molar-refractivity contribution in [1.82, 2.24) is 0 Å². The minimum absolute atomic E-state index is 0.190. The third-order valence-corrected chi connectivity index (χ3v) is 2.58. The molecule has 0 aliphatic rings. The van der Waals surface area contributed by atoms with Crippen LogP contribution in [0.3, 0.4) is 0 Å². The zero-order chi connectivity index (χ0) is 12.8. The highest BCUT2D eigenvalue weighted by molar-refractivity contribution is 5.34. The first-order chi connectivity index (χ1) is 8.79. The first-order valence-corrected chi connectivity index (χ1v) is 5.65. The smallest absolute Gasteiger partial charge is 0.119 e. The third kappa shape index (κ3) is 3.09. The summed E-state index contributed by atoms with van der Waals surface area (Å²) in [5, 5.41) is 18.6. The molecule has 0 aromatic heterocycles. The molecule has 2 aromatic carbocycles. The summed E-state index contributed by atoms with van der Waals surface area (Å²) in [7, 11) is 0. The van der Waals surface area contributed by atoms with Crippen LogP contribution in [0.1, 0.15) is 17.2 Å². The topological polar surface area (TPSA) is 53.2 Å². The molecule has 3 heteroatoms.